The standard InChI is InChI=1S/C13H16O4/c14-10-7-6-9-13(17-10)11(15)12(16-9)8-4-2-1-3-5-8/h1-5,9-15H,6-7H2/t9-,10?,11+,12+,13+/m0/s1. The second-order valence-electron chi connectivity index (χ2n) is 4.63. The zero-order chi connectivity index (χ0) is 11.8. The summed E-state index contributed by atoms with van der Waals surface area (Å²) in [5.41, 5.74) is 0.951. The van der Waals surface area contributed by atoms with Gasteiger partial charge in [-0.1, -0.05) is 30.3 Å². The second-order valence-corrected chi connectivity index (χ2v) is 4.63. The lowest BCUT2D eigenvalue weighted by atomic mass is 9.98. The van der Waals surface area contributed by atoms with E-state index in [4.69, 9.17) is 9.47 Å². The van der Waals surface area contributed by atoms with Crippen LogP contribution >= 0.6 is 0 Å². The molecule has 92 valence electrons. The third-order valence-corrected chi connectivity index (χ3v) is 3.48. The summed E-state index contributed by atoms with van der Waals surface area (Å²) >= 11 is 0. The largest absolute Gasteiger partial charge is 0.387 e. The number of fused-ring (bicyclic) bond motifs is 1. The number of aliphatic hydroxyl groups is 2. The van der Waals surface area contributed by atoms with Crippen molar-refractivity contribution in [2.75, 3.05) is 0 Å². The van der Waals surface area contributed by atoms with Crippen molar-refractivity contribution in [1.29, 1.82) is 0 Å². The summed E-state index contributed by atoms with van der Waals surface area (Å²) in [6.07, 6.45) is -1.07. The molecule has 0 aliphatic carbocycles. The molecule has 2 heterocycles. The number of aliphatic hydroxyl groups excluding tert-OH is 2. The molecular formula is C13H16O4. The van der Waals surface area contributed by atoms with E-state index >= 15 is 0 Å². The molecule has 2 saturated heterocycles. The van der Waals surface area contributed by atoms with Crippen LogP contribution in [0, 0.1) is 0 Å². The Balaban J connectivity index is 1.81. The molecule has 5 atom stereocenters. The van der Waals surface area contributed by atoms with Gasteiger partial charge in [-0.3, -0.25) is 0 Å². The lowest BCUT2D eigenvalue weighted by Gasteiger charge is -2.29. The minimum Gasteiger partial charge on any atom is -0.387 e. The first-order valence-corrected chi connectivity index (χ1v) is 5.98. The molecule has 2 aliphatic heterocycles. The minimum absolute atomic E-state index is 0.112. The van der Waals surface area contributed by atoms with Gasteiger partial charge >= 0.3 is 0 Å². The number of benzene rings is 1. The van der Waals surface area contributed by atoms with Crippen molar-refractivity contribution < 1.29 is 19.7 Å². The Morgan fingerprint density at radius 3 is 2.53 bits per heavy atom. The molecule has 0 saturated carbocycles. The third kappa shape index (κ3) is 1.98. The highest BCUT2D eigenvalue weighted by Gasteiger charge is 2.47. The van der Waals surface area contributed by atoms with Crippen LogP contribution in [0.4, 0.5) is 0 Å². The van der Waals surface area contributed by atoms with Crippen molar-refractivity contribution >= 4 is 0 Å². The topological polar surface area (TPSA) is 58.9 Å². The molecule has 1 unspecified atom stereocenters. The van der Waals surface area contributed by atoms with Crippen molar-refractivity contribution in [3.8, 4) is 0 Å². The quantitative estimate of drug-likeness (QED) is 0.763. The predicted octanol–water partition coefficient (Wildman–Crippen LogP) is 0.985. The first kappa shape index (κ1) is 11.2. The van der Waals surface area contributed by atoms with Gasteiger partial charge in [0.2, 0.25) is 0 Å². The maximum Gasteiger partial charge on any atom is 0.155 e. The number of hydrogen-bond donors (Lipinski definition) is 2. The predicted molar refractivity (Wildman–Crippen MR) is 60.2 cm³/mol. The Bertz CT molecular complexity index is 380. The van der Waals surface area contributed by atoms with Crippen molar-refractivity contribution in [2.24, 2.45) is 0 Å². The van der Waals surface area contributed by atoms with Gasteiger partial charge in [0.15, 0.2) is 6.29 Å². The fourth-order valence-corrected chi connectivity index (χ4v) is 2.61. The zero-order valence-corrected chi connectivity index (χ0v) is 9.40. The number of rotatable bonds is 1. The van der Waals surface area contributed by atoms with Crippen molar-refractivity contribution in [2.45, 2.75) is 43.5 Å². The minimum atomic E-state index is -0.774. The lowest BCUT2D eigenvalue weighted by molar-refractivity contribution is -0.196. The van der Waals surface area contributed by atoms with Crippen LogP contribution in [0.25, 0.3) is 0 Å². The van der Waals surface area contributed by atoms with Crippen LogP contribution in [0.15, 0.2) is 30.3 Å². The molecule has 2 fully saturated rings. The Kier molecular flexibility index (Phi) is 2.88. The highest BCUT2D eigenvalue weighted by molar-refractivity contribution is 5.21. The summed E-state index contributed by atoms with van der Waals surface area (Å²) in [5.74, 6) is 0. The van der Waals surface area contributed by atoms with E-state index in [2.05, 4.69) is 0 Å². The average Bonchev–Trinajstić information content (AvgIpc) is 2.68. The Morgan fingerprint density at radius 1 is 1.00 bits per heavy atom. The van der Waals surface area contributed by atoms with E-state index in [1.165, 1.54) is 0 Å². The molecule has 0 radical (unpaired) electrons. The van der Waals surface area contributed by atoms with Crippen molar-refractivity contribution in [3.05, 3.63) is 35.9 Å². The van der Waals surface area contributed by atoms with Gasteiger partial charge in [-0.2, -0.15) is 0 Å². The molecule has 1 aromatic rings. The summed E-state index contributed by atoms with van der Waals surface area (Å²) in [6.45, 7) is 0. The first-order chi connectivity index (χ1) is 8.25. The zero-order valence-electron chi connectivity index (χ0n) is 9.40. The fraction of sp³-hybridized carbons (Fsp3) is 0.538. The van der Waals surface area contributed by atoms with E-state index in [9.17, 15) is 10.2 Å². The van der Waals surface area contributed by atoms with Crippen LogP contribution in [-0.2, 0) is 9.47 Å². The van der Waals surface area contributed by atoms with Gasteiger partial charge in [0.05, 0.1) is 6.10 Å². The first-order valence-electron chi connectivity index (χ1n) is 5.98. The van der Waals surface area contributed by atoms with E-state index in [0.717, 1.165) is 12.0 Å². The SMILES string of the molecule is OC1CC[C@@H]2O[C@H](c3ccccc3)[C@@H](O)[C@@H]2O1. The Labute approximate surface area is 99.8 Å². The summed E-state index contributed by atoms with van der Waals surface area (Å²) in [5, 5.41) is 19.6. The van der Waals surface area contributed by atoms with Crippen LogP contribution in [0.3, 0.4) is 0 Å². The number of hydrogen-bond acceptors (Lipinski definition) is 4. The third-order valence-electron chi connectivity index (χ3n) is 3.48. The van der Waals surface area contributed by atoms with E-state index in [1.807, 2.05) is 30.3 Å². The van der Waals surface area contributed by atoms with Crippen molar-refractivity contribution in [3.63, 3.8) is 0 Å². The molecule has 2 N–H and O–H groups in total. The van der Waals surface area contributed by atoms with Crippen LogP contribution in [0.2, 0.25) is 0 Å². The van der Waals surface area contributed by atoms with E-state index < -0.39 is 18.5 Å². The van der Waals surface area contributed by atoms with Crippen LogP contribution < -0.4 is 0 Å². The molecule has 17 heavy (non-hydrogen) atoms. The summed E-state index contributed by atoms with van der Waals surface area (Å²) in [6, 6.07) is 9.63. The Morgan fingerprint density at radius 2 is 1.76 bits per heavy atom. The fourth-order valence-electron chi connectivity index (χ4n) is 2.61. The molecule has 0 bridgehead atoms. The number of ether oxygens (including phenoxy) is 2. The monoisotopic (exact) mass is 236 g/mol. The van der Waals surface area contributed by atoms with E-state index in [0.29, 0.717) is 6.42 Å². The average molecular weight is 236 g/mol. The molecular weight excluding hydrogens is 220 g/mol. The molecule has 1 aromatic carbocycles. The molecule has 2 aliphatic rings. The van der Waals surface area contributed by atoms with Crippen LogP contribution in [0.5, 0.6) is 0 Å². The van der Waals surface area contributed by atoms with Gasteiger partial charge in [0, 0.05) is 6.42 Å². The molecule has 0 aromatic heterocycles. The van der Waals surface area contributed by atoms with Crippen LogP contribution in [-0.4, -0.2) is 34.8 Å². The Hall–Kier alpha value is -0.940. The molecule has 0 amide bonds. The summed E-state index contributed by atoms with van der Waals surface area (Å²) < 4.78 is 11.2. The van der Waals surface area contributed by atoms with Gasteiger partial charge in [0.1, 0.15) is 18.3 Å². The van der Waals surface area contributed by atoms with Gasteiger partial charge < -0.3 is 19.7 Å². The highest BCUT2D eigenvalue weighted by atomic mass is 16.6. The van der Waals surface area contributed by atoms with Gasteiger partial charge in [-0.15, -0.1) is 0 Å². The second kappa shape index (κ2) is 4.38. The van der Waals surface area contributed by atoms with E-state index in [-0.39, 0.29) is 12.2 Å². The maximum absolute atomic E-state index is 10.2. The summed E-state index contributed by atoms with van der Waals surface area (Å²) in [7, 11) is 0. The molecule has 4 heteroatoms. The highest BCUT2D eigenvalue weighted by Crippen LogP contribution is 2.39. The van der Waals surface area contributed by atoms with Gasteiger partial charge in [-0.25, -0.2) is 0 Å². The smallest absolute Gasteiger partial charge is 0.155 e. The van der Waals surface area contributed by atoms with E-state index in [1.54, 1.807) is 0 Å². The lowest BCUT2D eigenvalue weighted by Crippen LogP contribution is -2.41. The summed E-state index contributed by atoms with van der Waals surface area (Å²) in [4.78, 5) is 0. The molecule has 0 spiro atoms. The van der Waals surface area contributed by atoms with Crippen LogP contribution in [0.1, 0.15) is 24.5 Å². The molecule has 3 rings (SSSR count). The maximum atomic E-state index is 10.2. The van der Waals surface area contributed by atoms with Gasteiger partial charge in [0.25, 0.3) is 0 Å². The van der Waals surface area contributed by atoms with Gasteiger partial charge in [-0.05, 0) is 12.0 Å². The molecule has 4 nitrogen and oxygen atoms in total. The van der Waals surface area contributed by atoms with Crippen molar-refractivity contribution in [1.82, 2.24) is 0 Å². The normalized spacial score (nSPS) is 41.2.